The summed E-state index contributed by atoms with van der Waals surface area (Å²) in [5.41, 5.74) is 9.34. The lowest BCUT2D eigenvalue weighted by atomic mass is 9.81. The standard InChI is InChI=1S/C34H37NO2/c1-5-35-34(36)32-14-8-13-31(33(32)23-28-11-7-12-30(22-28)37-4)29(20-26-17-15-24(2)16-18-26)21-27-10-6-9-25(3)19-27/h6-19,22,29H,5,20-21,23H2,1-4H3,(H,35,36). The van der Waals surface area contributed by atoms with Crippen molar-refractivity contribution in [2.75, 3.05) is 13.7 Å². The van der Waals surface area contributed by atoms with Crippen molar-refractivity contribution in [2.45, 2.75) is 46.0 Å². The molecule has 1 unspecified atom stereocenters. The summed E-state index contributed by atoms with van der Waals surface area (Å²) in [5.74, 6) is 1.02. The van der Waals surface area contributed by atoms with Crippen LogP contribution in [0.4, 0.5) is 0 Å². The van der Waals surface area contributed by atoms with E-state index < -0.39 is 0 Å². The predicted octanol–water partition coefficient (Wildman–Crippen LogP) is 7.22. The molecule has 0 bridgehead atoms. The normalized spacial score (nSPS) is 11.7. The molecular formula is C34H37NO2. The third kappa shape index (κ3) is 6.89. The number of amides is 1. The lowest BCUT2D eigenvalue weighted by Gasteiger charge is -2.24. The van der Waals surface area contributed by atoms with Gasteiger partial charge in [-0.25, -0.2) is 0 Å². The summed E-state index contributed by atoms with van der Waals surface area (Å²) in [6, 6.07) is 31.9. The van der Waals surface area contributed by atoms with Gasteiger partial charge in [-0.2, -0.15) is 0 Å². The number of methoxy groups -OCH3 is 1. The Bertz CT molecular complexity index is 1340. The Hall–Kier alpha value is -3.85. The molecule has 190 valence electrons. The van der Waals surface area contributed by atoms with Crippen molar-refractivity contribution < 1.29 is 9.53 Å². The van der Waals surface area contributed by atoms with E-state index in [1.54, 1.807) is 7.11 Å². The van der Waals surface area contributed by atoms with Crippen LogP contribution in [0, 0.1) is 13.8 Å². The second kappa shape index (κ2) is 12.4. The molecule has 1 atom stereocenters. The second-order valence-electron chi connectivity index (χ2n) is 9.84. The quantitative estimate of drug-likeness (QED) is 0.254. The molecule has 0 radical (unpaired) electrons. The van der Waals surface area contributed by atoms with Crippen LogP contribution in [0.3, 0.4) is 0 Å². The van der Waals surface area contributed by atoms with Crippen LogP contribution in [-0.2, 0) is 19.3 Å². The summed E-state index contributed by atoms with van der Waals surface area (Å²) in [6.07, 6.45) is 2.47. The third-order valence-electron chi connectivity index (χ3n) is 6.92. The fraction of sp³-hybridized carbons (Fsp3) is 0.265. The van der Waals surface area contributed by atoms with Crippen LogP contribution in [0.5, 0.6) is 5.75 Å². The highest BCUT2D eigenvalue weighted by Gasteiger charge is 2.22. The van der Waals surface area contributed by atoms with E-state index in [0.29, 0.717) is 13.0 Å². The van der Waals surface area contributed by atoms with E-state index in [9.17, 15) is 4.79 Å². The Morgan fingerprint density at radius 1 is 0.784 bits per heavy atom. The molecule has 4 rings (SSSR count). The largest absolute Gasteiger partial charge is 0.497 e. The number of aryl methyl sites for hydroxylation is 2. The van der Waals surface area contributed by atoms with Gasteiger partial charge in [0.2, 0.25) is 0 Å². The van der Waals surface area contributed by atoms with Gasteiger partial charge in [-0.05, 0) is 92.0 Å². The van der Waals surface area contributed by atoms with Crippen LogP contribution in [0.2, 0.25) is 0 Å². The second-order valence-corrected chi connectivity index (χ2v) is 9.84. The Morgan fingerprint density at radius 3 is 2.22 bits per heavy atom. The van der Waals surface area contributed by atoms with Crippen LogP contribution in [0.15, 0.2) is 91.0 Å². The SMILES string of the molecule is CCNC(=O)c1cccc(C(Cc2ccc(C)cc2)Cc2cccc(C)c2)c1Cc1cccc(OC)c1. The smallest absolute Gasteiger partial charge is 0.251 e. The summed E-state index contributed by atoms with van der Waals surface area (Å²) >= 11 is 0. The van der Waals surface area contributed by atoms with E-state index in [-0.39, 0.29) is 11.8 Å². The van der Waals surface area contributed by atoms with Gasteiger partial charge in [-0.1, -0.05) is 83.9 Å². The molecule has 0 saturated heterocycles. The van der Waals surface area contributed by atoms with Gasteiger partial charge in [-0.15, -0.1) is 0 Å². The molecule has 0 aliphatic carbocycles. The van der Waals surface area contributed by atoms with Gasteiger partial charge in [0.05, 0.1) is 7.11 Å². The van der Waals surface area contributed by atoms with Gasteiger partial charge in [0, 0.05) is 12.1 Å². The zero-order chi connectivity index (χ0) is 26.2. The summed E-state index contributed by atoms with van der Waals surface area (Å²) in [7, 11) is 1.69. The van der Waals surface area contributed by atoms with Crippen molar-refractivity contribution in [2.24, 2.45) is 0 Å². The number of carbonyl (C=O) groups excluding carboxylic acids is 1. The topological polar surface area (TPSA) is 38.3 Å². The lowest BCUT2D eigenvalue weighted by Crippen LogP contribution is -2.25. The summed E-state index contributed by atoms with van der Waals surface area (Å²) in [4.78, 5) is 13.2. The molecular weight excluding hydrogens is 454 g/mol. The number of benzene rings is 4. The highest BCUT2D eigenvalue weighted by Crippen LogP contribution is 2.32. The molecule has 0 aliphatic rings. The fourth-order valence-corrected chi connectivity index (χ4v) is 5.06. The first-order chi connectivity index (χ1) is 18.0. The zero-order valence-corrected chi connectivity index (χ0v) is 22.4. The van der Waals surface area contributed by atoms with Gasteiger partial charge in [0.1, 0.15) is 5.75 Å². The number of hydrogen-bond donors (Lipinski definition) is 1. The first-order valence-electron chi connectivity index (χ1n) is 13.1. The maximum absolute atomic E-state index is 13.2. The van der Waals surface area contributed by atoms with Gasteiger partial charge >= 0.3 is 0 Å². The van der Waals surface area contributed by atoms with Crippen LogP contribution in [0.1, 0.15) is 62.1 Å². The molecule has 0 saturated carbocycles. The summed E-state index contributed by atoms with van der Waals surface area (Å²) < 4.78 is 5.49. The Balaban J connectivity index is 1.82. The molecule has 4 aromatic rings. The molecule has 0 spiro atoms. The molecule has 3 heteroatoms. The summed E-state index contributed by atoms with van der Waals surface area (Å²) in [5, 5.41) is 3.03. The number of carbonyl (C=O) groups is 1. The summed E-state index contributed by atoms with van der Waals surface area (Å²) in [6.45, 7) is 6.82. The minimum Gasteiger partial charge on any atom is -0.497 e. The average Bonchev–Trinajstić information content (AvgIpc) is 2.90. The molecule has 1 N–H and O–H groups in total. The van der Waals surface area contributed by atoms with Gasteiger partial charge in [-0.3, -0.25) is 4.79 Å². The highest BCUT2D eigenvalue weighted by atomic mass is 16.5. The molecule has 0 aromatic heterocycles. The van der Waals surface area contributed by atoms with Crippen molar-refractivity contribution in [1.82, 2.24) is 5.32 Å². The molecule has 4 aromatic carbocycles. The molecule has 0 aliphatic heterocycles. The number of ether oxygens (including phenoxy) is 1. The molecule has 37 heavy (non-hydrogen) atoms. The molecule has 0 fully saturated rings. The monoisotopic (exact) mass is 491 g/mol. The van der Waals surface area contributed by atoms with E-state index in [1.807, 2.05) is 31.2 Å². The molecule has 3 nitrogen and oxygen atoms in total. The number of nitrogens with one attached hydrogen (secondary N) is 1. The average molecular weight is 492 g/mol. The van der Waals surface area contributed by atoms with E-state index in [1.165, 1.54) is 27.8 Å². The van der Waals surface area contributed by atoms with E-state index in [4.69, 9.17) is 4.74 Å². The lowest BCUT2D eigenvalue weighted by molar-refractivity contribution is 0.0955. The van der Waals surface area contributed by atoms with Gasteiger partial charge in [0.15, 0.2) is 0 Å². The van der Waals surface area contributed by atoms with Crippen molar-refractivity contribution in [3.8, 4) is 5.75 Å². The van der Waals surface area contributed by atoms with Crippen LogP contribution in [0.25, 0.3) is 0 Å². The van der Waals surface area contributed by atoms with E-state index in [2.05, 4.69) is 85.9 Å². The number of rotatable bonds is 10. The number of hydrogen-bond acceptors (Lipinski definition) is 2. The minimum atomic E-state index is -0.0214. The minimum absolute atomic E-state index is 0.0214. The first kappa shape index (κ1) is 26.2. The Labute approximate surface area is 221 Å². The van der Waals surface area contributed by atoms with Crippen molar-refractivity contribution in [1.29, 1.82) is 0 Å². The molecule has 1 amide bonds. The van der Waals surface area contributed by atoms with Gasteiger partial charge in [0.25, 0.3) is 5.91 Å². The third-order valence-corrected chi connectivity index (χ3v) is 6.92. The van der Waals surface area contributed by atoms with Crippen LogP contribution >= 0.6 is 0 Å². The Morgan fingerprint density at radius 2 is 1.49 bits per heavy atom. The van der Waals surface area contributed by atoms with Crippen molar-refractivity contribution >= 4 is 5.91 Å². The maximum atomic E-state index is 13.2. The Kier molecular flexibility index (Phi) is 8.79. The van der Waals surface area contributed by atoms with Crippen molar-refractivity contribution in [3.05, 3.63) is 136 Å². The predicted molar refractivity (Wildman–Crippen MR) is 153 cm³/mol. The van der Waals surface area contributed by atoms with Gasteiger partial charge < -0.3 is 10.1 Å². The van der Waals surface area contributed by atoms with Crippen LogP contribution < -0.4 is 10.1 Å². The highest BCUT2D eigenvalue weighted by molar-refractivity contribution is 5.96. The zero-order valence-electron chi connectivity index (χ0n) is 22.4. The first-order valence-corrected chi connectivity index (χ1v) is 13.1. The van der Waals surface area contributed by atoms with Crippen LogP contribution in [-0.4, -0.2) is 19.6 Å². The maximum Gasteiger partial charge on any atom is 0.251 e. The van der Waals surface area contributed by atoms with E-state index in [0.717, 1.165) is 35.3 Å². The fourth-order valence-electron chi connectivity index (χ4n) is 5.06. The van der Waals surface area contributed by atoms with Crippen molar-refractivity contribution in [3.63, 3.8) is 0 Å². The van der Waals surface area contributed by atoms with E-state index >= 15 is 0 Å². The molecule has 0 heterocycles.